The van der Waals surface area contributed by atoms with Crippen molar-refractivity contribution in [2.75, 3.05) is 18.1 Å². The van der Waals surface area contributed by atoms with Crippen LogP contribution in [0.2, 0.25) is 0 Å². The van der Waals surface area contributed by atoms with Crippen LogP contribution in [0.15, 0.2) is 30.5 Å². The van der Waals surface area contributed by atoms with Gasteiger partial charge in [0.1, 0.15) is 0 Å². The highest BCUT2D eigenvalue weighted by molar-refractivity contribution is 7.99. The Labute approximate surface area is 124 Å². The van der Waals surface area contributed by atoms with Crippen LogP contribution in [0.25, 0.3) is 10.9 Å². The summed E-state index contributed by atoms with van der Waals surface area (Å²) in [6.45, 7) is 2.87. The van der Waals surface area contributed by atoms with Gasteiger partial charge in [0, 0.05) is 23.6 Å². The Morgan fingerprint density at radius 3 is 3.05 bits per heavy atom. The van der Waals surface area contributed by atoms with E-state index in [4.69, 9.17) is 0 Å². The summed E-state index contributed by atoms with van der Waals surface area (Å²) >= 11 is 1.72. The van der Waals surface area contributed by atoms with E-state index in [0.29, 0.717) is 12.3 Å². The molecule has 0 aliphatic carbocycles. The minimum atomic E-state index is 0.144. The molecule has 2 rings (SSSR count). The van der Waals surface area contributed by atoms with Crippen LogP contribution in [-0.4, -0.2) is 28.9 Å². The van der Waals surface area contributed by atoms with Crippen LogP contribution in [-0.2, 0) is 11.2 Å². The Kier molecular flexibility index (Phi) is 5.99. The van der Waals surface area contributed by atoms with Gasteiger partial charge >= 0.3 is 0 Å². The van der Waals surface area contributed by atoms with Crippen molar-refractivity contribution < 1.29 is 4.79 Å². The summed E-state index contributed by atoms with van der Waals surface area (Å²) in [5.74, 6) is 1.80. The van der Waals surface area contributed by atoms with Crippen molar-refractivity contribution in [3.05, 3.63) is 36.0 Å². The van der Waals surface area contributed by atoms with E-state index in [9.17, 15) is 4.79 Å². The van der Waals surface area contributed by atoms with Crippen LogP contribution in [0, 0.1) is 0 Å². The highest BCUT2D eigenvalue weighted by atomic mass is 32.2. The molecule has 3 nitrogen and oxygen atoms in total. The Hall–Kier alpha value is -1.42. The molecule has 2 aromatic rings. The minimum Gasteiger partial charge on any atom is -0.361 e. The highest BCUT2D eigenvalue weighted by Crippen LogP contribution is 2.17. The van der Waals surface area contributed by atoms with Crippen LogP contribution in [0.3, 0.4) is 0 Å². The average Bonchev–Trinajstić information content (AvgIpc) is 2.87. The third kappa shape index (κ3) is 4.30. The van der Waals surface area contributed by atoms with Crippen LogP contribution in [0.1, 0.15) is 25.3 Å². The van der Waals surface area contributed by atoms with Gasteiger partial charge in [0.2, 0.25) is 5.91 Å². The number of carbonyl (C=O) groups is 1. The van der Waals surface area contributed by atoms with Crippen molar-refractivity contribution in [1.82, 2.24) is 10.3 Å². The molecule has 1 amide bonds. The van der Waals surface area contributed by atoms with Crippen molar-refractivity contribution in [1.29, 1.82) is 0 Å². The van der Waals surface area contributed by atoms with E-state index >= 15 is 0 Å². The number of hydrogen-bond acceptors (Lipinski definition) is 2. The van der Waals surface area contributed by atoms with Gasteiger partial charge in [-0.3, -0.25) is 4.79 Å². The zero-order valence-corrected chi connectivity index (χ0v) is 12.8. The first-order valence-corrected chi connectivity index (χ1v) is 8.36. The number of hydrogen-bond donors (Lipinski definition) is 2. The van der Waals surface area contributed by atoms with Crippen molar-refractivity contribution >= 4 is 28.6 Å². The summed E-state index contributed by atoms with van der Waals surface area (Å²) in [5.41, 5.74) is 2.42. The molecule has 0 atom stereocenters. The number of benzene rings is 1. The number of fused-ring (bicyclic) bond motifs is 1. The molecule has 1 aromatic carbocycles. The van der Waals surface area contributed by atoms with E-state index in [2.05, 4.69) is 29.4 Å². The fourth-order valence-electron chi connectivity index (χ4n) is 2.14. The lowest BCUT2D eigenvalue weighted by Gasteiger charge is -2.04. The van der Waals surface area contributed by atoms with Gasteiger partial charge in [-0.1, -0.05) is 31.5 Å². The largest absolute Gasteiger partial charge is 0.361 e. The molecular formula is C16H22N2OS. The molecule has 2 N–H and O–H groups in total. The summed E-state index contributed by atoms with van der Waals surface area (Å²) in [5, 5.41) is 4.24. The maximum Gasteiger partial charge on any atom is 0.230 e. The first kappa shape index (κ1) is 15.0. The van der Waals surface area contributed by atoms with Gasteiger partial charge in [0.25, 0.3) is 0 Å². The van der Waals surface area contributed by atoms with Gasteiger partial charge in [-0.2, -0.15) is 11.8 Å². The summed E-state index contributed by atoms with van der Waals surface area (Å²) in [6.07, 6.45) is 5.28. The van der Waals surface area contributed by atoms with Gasteiger partial charge in [0.05, 0.1) is 5.75 Å². The van der Waals surface area contributed by atoms with E-state index in [1.54, 1.807) is 11.8 Å². The molecule has 0 unspecified atom stereocenters. The van der Waals surface area contributed by atoms with Crippen LogP contribution in [0.5, 0.6) is 0 Å². The van der Waals surface area contributed by atoms with Crippen molar-refractivity contribution in [3.8, 4) is 0 Å². The van der Waals surface area contributed by atoms with Gasteiger partial charge < -0.3 is 10.3 Å². The predicted octanol–water partition coefficient (Wildman–Crippen LogP) is 3.36. The number of unbranched alkanes of at least 4 members (excludes halogenated alkanes) is 1. The SMILES string of the molecule is CCCCSCC(=O)NCCc1c[nH]c2ccccc12. The van der Waals surface area contributed by atoms with E-state index < -0.39 is 0 Å². The standard InChI is InChI=1S/C16H22N2OS/c1-2-3-10-20-12-16(19)17-9-8-13-11-18-15-7-5-4-6-14(13)15/h4-7,11,18H,2-3,8-10,12H2,1H3,(H,17,19). The smallest absolute Gasteiger partial charge is 0.230 e. The molecule has 0 aliphatic heterocycles. The summed E-state index contributed by atoms with van der Waals surface area (Å²) in [4.78, 5) is 14.9. The number of thioether (sulfide) groups is 1. The topological polar surface area (TPSA) is 44.9 Å². The fourth-order valence-corrected chi connectivity index (χ4v) is 3.06. The second-order valence-electron chi connectivity index (χ2n) is 4.87. The third-order valence-electron chi connectivity index (χ3n) is 3.27. The molecular weight excluding hydrogens is 268 g/mol. The maximum absolute atomic E-state index is 11.7. The molecule has 0 saturated heterocycles. The Balaban J connectivity index is 1.71. The molecule has 0 spiro atoms. The Morgan fingerprint density at radius 1 is 1.35 bits per heavy atom. The number of rotatable bonds is 8. The number of nitrogens with one attached hydrogen (secondary N) is 2. The van der Waals surface area contributed by atoms with E-state index in [-0.39, 0.29) is 5.91 Å². The Morgan fingerprint density at radius 2 is 2.20 bits per heavy atom. The summed E-state index contributed by atoms with van der Waals surface area (Å²) < 4.78 is 0. The zero-order valence-electron chi connectivity index (χ0n) is 11.9. The molecule has 0 bridgehead atoms. The molecule has 4 heteroatoms. The van der Waals surface area contributed by atoms with E-state index in [1.807, 2.05) is 18.3 Å². The van der Waals surface area contributed by atoms with Gasteiger partial charge in [-0.05, 0) is 30.2 Å². The van der Waals surface area contributed by atoms with Crippen molar-refractivity contribution in [3.63, 3.8) is 0 Å². The highest BCUT2D eigenvalue weighted by Gasteiger charge is 2.04. The number of aromatic amines is 1. The van der Waals surface area contributed by atoms with Crippen LogP contribution in [0.4, 0.5) is 0 Å². The molecule has 0 fully saturated rings. The van der Waals surface area contributed by atoms with Crippen LogP contribution < -0.4 is 5.32 Å². The molecule has 0 radical (unpaired) electrons. The average molecular weight is 290 g/mol. The third-order valence-corrected chi connectivity index (χ3v) is 4.31. The summed E-state index contributed by atoms with van der Waals surface area (Å²) in [7, 11) is 0. The molecule has 1 aromatic heterocycles. The van der Waals surface area contributed by atoms with Crippen molar-refractivity contribution in [2.24, 2.45) is 0 Å². The lowest BCUT2D eigenvalue weighted by Crippen LogP contribution is -2.27. The zero-order chi connectivity index (χ0) is 14.2. The molecule has 20 heavy (non-hydrogen) atoms. The van der Waals surface area contributed by atoms with Crippen LogP contribution >= 0.6 is 11.8 Å². The first-order valence-electron chi connectivity index (χ1n) is 7.20. The number of amides is 1. The lowest BCUT2D eigenvalue weighted by atomic mass is 10.1. The van der Waals surface area contributed by atoms with Crippen molar-refractivity contribution in [2.45, 2.75) is 26.2 Å². The molecule has 1 heterocycles. The second-order valence-corrected chi connectivity index (χ2v) is 5.97. The summed E-state index contributed by atoms with van der Waals surface area (Å²) in [6, 6.07) is 8.26. The van der Waals surface area contributed by atoms with E-state index in [0.717, 1.165) is 17.7 Å². The molecule has 0 aliphatic rings. The number of aromatic nitrogens is 1. The monoisotopic (exact) mass is 290 g/mol. The Bertz CT molecular complexity index is 550. The second kappa shape index (κ2) is 8.00. The van der Waals surface area contributed by atoms with E-state index in [1.165, 1.54) is 23.8 Å². The maximum atomic E-state index is 11.7. The normalized spacial score (nSPS) is 10.8. The molecule has 108 valence electrons. The number of para-hydroxylation sites is 1. The minimum absolute atomic E-state index is 0.144. The fraction of sp³-hybridized carbons (Fsp3) is 0.438. The quantitative estimate of drug-likeness (QED) is 0.732. The van der Waals surface area contributed by atoms with Gasteiger partial charge in [-0.25, -0.2) is 0 Å². The number of H-pyrrole nitrogens is 1. The number of carbonyl (C=O) groups excluding carboxylic acids is 1. The first-order chi connectivity index (χ1) is 9.81. The lowest BCUT2D eigenvalue weighted by molar-refractivity contribution is -0.118. The predicted molar refractivity (Wildman–Crippen MR) is 87.2 cm³/mol. The van der Waals surface area contributed by atoms with Gasteiger partial charge in [0.15, 0.2) is 0 Å². The van der Waals surface area contributed by atoms with Gasteiger partial charge in [-0.15, -0.1) is 0 Å². The molecule has 0 saturated carbocycles.